The maximum Gasteiger partial charge on any atom is 0.244 e. The number of nitrogens with one attached hydrogen (secondary N) is 2. The van der Waals surface area contributed by atoms with Crippen LogP contribution in [0.3, 0.4) is 0 Å². The zero-order valence-corrected chi connectivity index (χ0v) is 16.1. The lowest BCUT2D eigenvalue weighted by Crippen LogP contribution is -2.31. The van der Waals surface area contributed by atoms with E-state index in [1.54, 1.807) is 0 Å². The van der Waals surface area contributed by atoms with Crippen molar-refractivity contribution >= 4 is 0 Å². The highest BCUT2D eigenvalue weighted by Crippen LogP contribution is 2.21. The van der Waals surface area contributed by atoms with E-state index >= 15 is 0 Å². The van der Waals surface area contributed by atoms with E-state index in [2.05, 4.69) is 102 Å². The first-order chi connectivity index (χ1) is 11.6. The fourth-order valence-corrected chi connectivity index (χ4v) is 2.67. The molecule has 3 aromatic heterocycles. The van der Waals surface area contributed by atoms with Crippen molar-refractivity contribution in [1.29, 1.82) is 0 Å². The van der Waals surface area contributed by atoms with E-state index in [4.69, 9.17) is 0 Å². The Morgan fingerprint density at radius 1 is 0.920 bits per heavy atom. The van der Waals surface area contributed by atoms with Crippen molar-refractivity contribution in [1.82, 2.24) is 25.0 Å². The second-order valence-electron chi connectivity index (χ2n) is 8.82. The van der Waals surface area contributed by atoms with Gasteiger partial charge in [-0.25, -0.2) is 9.13 Å². The average Bonchev–Trinajstić information content (AvgIpc) is 3.19. The van der Waals surface area contributed by atoms with Gasteiger partial charge in [0.25, 0.3) is 0 Å². The molecule has 3 aromatic rings. The molecule has 3 heterocycles. The summed E-state index contributed by atoms with van der Waals surface area (Å²) in [7, 11) is 0. The molecule has 2 N–H and O–H groups in total. The average molecular weight is 341 g/mol. The maximum absolute atomic E-state index is 4.43. The molecule has 0 aliphatic carbocycles. The molecule has 0 spiro atoms. The van der Waals surface area contributed by atoms with Gasteiger partial charge in [-0.1, -0.05) is 41.5 Å². The van der Waals surface area contributed by atoms with Gasteiger partial charge in [0.2, 0.25) is 6.33 Å². The highest BCUT2D eigenvalue weighted by atomic mass is 15.2. The number of aromatic amines is 2. The summed E-state index contributed by atoms with van der Waals surface area (Å²) in [5.41, 5.74) is 4.55. The van der Waals surface area contributed by atoms with Crippen molar-refractivity contribution in [2.45, 2.75) is 65.5 Å². The Hall–Kier alpha value is -2.37. The monoisotopic (exact) mass is 341 g/mol. The van der Waals surface area contributed by atoms with Crippen LogP contribution in [0, 0.1) is 0 Å². The number of rotatable bonds is 4. The molecule has 0 atom stereocenters. The molecule has 6 heteroatoms. The summed E-state index contributed by atoms with van der Waals surface area (Å²) < 4.78 is 4.31. The number of aromatic nitrogens is 6. The summed E-state index contributed by atoms with van der Waals surface area (Å²) in [4.78, 5) is 0. The minimum Gasteiger partial charge on any atom is -0.278 e. The zero-order valence-electron chi connectivity index (χ0n) is 16.1. The van der Waals surface area contributed by atoms with Gasteiger partial charge < -0.3 is 0 Å². The first kappa shape index (κ1) is 17.5. The molecular weight excluding hydrogens is 312 g/mol. The van der Waals surface area contributed by atoms with Gasteiger partial charge in [-0.2, -0.15) is 10.2 Å². The Balaban J connectivity index is 1.66. The van der Waals surface area contributed by atoms with Gasteiger partial charge in [0.1, 0.15) is 25.5 Å². The molecule has 0 amide bonds. The molecular formula is C19H29N6+. The molecule has 0 saturated carbocycles. The third-order valence-corrected chi connectivity index (χ3v) is 4.25. The normalized spacial score (nSPS) is 12.7. The Morgan fingerprint density at radius 3 is 2.04 bits per heavy atom. The van der Waals surface area contributed by atoms with Crippen LogP contribution in [0.15, 0.2) is 30.9 Å². The molecule has 0 aliphatic rings. The second kappa shape index (κ2) is 6.17. The second-order valence-corrected chi connectivity index (χ2v) is 8.82. The lowest BCUT2D eigenvalue weighted by Gasteiger charge is -2.13. The molecule has 0 unspecified atom stereocenters. The zero-order chi connectivity index (χ0) is 18.2. The molecule has 0 bridgehead atoms. The molecule has 134 valence electrons. The Kier molecular flexibility index (Phi) is 4.31. The van der Waals surface area contributed by atoms with Crippen LogP contribution in [0.25, 0.3) is 0 Å². The third-order valence-electron chi connectivity index (χ3n) is 4.25. The standard InChI is InChI=1S/C19H29N6/c1-18(2,3)16-9-14(20-22-16)11-24-7-8-25(13-24)12-15-10-17(23-21-15)19(4,5)6/h7-10,13H,11-12H2,1-6H3,(H,20,22)(H,21,23)/q+1. The van der Waals surface area contributed by atoms with Crippen LogP contribution in [0.4, 0.5) is 0 Å². The Labute approximate surface area is 149 Å². The quantitative estimate of drug-likeness (QED) is 0.717. The fraction of sp³-hybridized carbons (Fsp3) is 0.526. The molecule has 0 aliphatic heterocycles. The highest BCUT2D eigenvalue weighted by molar-refractivity contribution is 5.17. The minimum atomic E-state index is 0.0662. The fourth-order valence-electron chi connectivity index (χ4n) is 2.67. The first-order valence-corrected chi connectivity index (χ1v) is 8.75. The van der Waals surface area contributed by atoms with Gasteiger partial charge in [-0.3, -0.25) is 10.2 Å². The number of hydrogen-bond acceptors (Lipinski definition) is 2. The molecule has 25 heavy (non-hydrogen) atoms. The number of imidazole rings is 1. The highest BCUT2D eigenvalue weighted by Gasteiger charge is 2.19. The largest absolute Gasteiger partial charge is 0.278 e. The van der Waals surface area contributed by atoms with Gasteiger partial charge in [-0.15, -0.1) is 0 Å². The summed E-state index contributed by atoms with van der Waals surface area (Å²) in [5.74, 6) is 0. The van der Waals surface area contributed by atoms with E-state index < -0.39 is 0 Å². The predicted molar refractivity (Wildman–Crippen MR) is 97.4 cm³/mol. The molecule has 3 rings (SSSR count). The van der Waals surface area contributed by atoms with Crippen molar-refractivity contribution in [2.24, 2.45) is 0 Å². The molecule has 6 nitrogen and oxygen atoms in total. The van der Waals surface area contributed by atoms with Crippen LogP contribution in [0.1, 0.15) is 64.3 Å². The molecule has 0 saturated heterocycles. The lowest BCUT2D eigenvalue weighted by atomic mass is 9.92. The summed E-state index contributed by atoms with van der Waals surface area (Å²) in [5, 5.41) is 15.1. The van der Waals surface area contributed by atoms with Crippen LogP contribution < -0.4 is 4.57 Å². The summed E-state index contributed by atoms with van der Waals surface area (Å²) >= 11 is 0. The van der Waals surface area contributed by atoms with Crippen LogP contribution >= 0.6 is 0 Å². The van der Waals surface area contributed by atoms with Crippen molar-refractivity contribution in [2.75, 3.05) is 0 Å². The van der Waals surface area contributed by atoms with Crippen LogP contribution in [-0.4, -0.2) is 25.0 Å². The number of nitrogens with zero attached hydrogens (tertiary/aromatic N) is 4. The molecule has 0 fully saturated rings. The van der Waals surface area contributed by atoms with Gasteiger partial charge in [0.15, 0.2) is 0 Å². The van der Waals surface area contributed by atoms with Crippen molar-refractivity contribution in [3.63, 3.8) is 0 Å². The van der Waals surface area contributed by atoms with E-state index in [0.29, 0.717) is 0 Å². The summed E-state index contributed by atoms with van der Waals surface area (Å²) in [6.45, 7) is 14.6. The van der Waals surface area contributed by atoms with Crippen LogP contribution in [-0.2, 0) is 23.9 Å². The number of hydrogen-bond donors (Lipinski definition) is 2. The van der Waals surface area contributed by atoms with Gasteiger partial charge >= 0.3 is 0 Å². The van der Waals surface area contributed by atoms with E-state index in [1.165, 1.54) is 0 Å². The van der Waals surface area contributed by atoms with E-state index in [0.717, 1.165) is 35.9 Å². The van der Waals surface area contributed by atoms with Crippen LogP contribution in [0.5, 0.6) is 0 Å². The van der Waals surface area contributed by atoms with E-state index in [9.17, 15) is 0 Å². The number of H-pyrrole nitrogens is 2. The third kappa shape index (κ3) is 4.18. The Morgan fingerprint density at radius 2 is 1.48 bits per heavy atom. The lowest BCUT2D eigenvalue weighted by molar-refractivity contribution is -0.688. The summed E-state index contributed by atoms with van der Waals surface area (Å²) in [6, 6.07) is 4.30. The topological polar surface area (TPSA) is 66.2 Å². The van der Waals surface area contributed by atoms with Crippen molar-refractivity contribution < 1.29 is 4.57 Å². The predicted octanol–water partition coefficient (Wildman–Crippen LogP) is 2.91. The van der Waals surface area contributed by atoms with Crippen molar-refractivity contribution in [3.8, 4) is 0 Å². The molecule has 0 radical (unpaired) electrons. The van der Waals surface area contributed by atoms with Crippen molar-refractivity contribution in [3.05, 3.63) is 53.6 Å². The smallest absolute Gasteiger partial charge is 0.244 e. The SMILES string of the molecule is CC(C)(C)c1cc(Cn2cc[n+](Cc3cc(C(C)(C)C)n[nH]3)c2)[nH]n1. The Bertz CT molecular complexity index is 769. The minimum absolute atomic E-state index is 0.0662. The van der Waals surface area contributed by atoms with Crippen LogP contribution in [0.2, 0.25) is 0 Å². The van der Waals surface area contributed by atoms with E-state index in [-0.39, 0.29) is 10.8 Å². The maximum atomic E-state index is 4.43. The van der Waals surface area contributed by atoms with Gasteiger partial charge in [0, 0.05) is 10.8 Å². The molecule has 0 aromatic carbocycles. The van der Waals surface area contributed by atoms with Gasteiger partial charge in [-0.05, 0) is 12.1 Å². The summed E-state index contributed by atoms with van der Waals surface area (Å²) in [6.07, 6.45) is 6.27. The van der Waals surface area contributed by atoms with Gasteiger partial charge in [0.05, 0.1) is 22.8 Å². The first-order valence-electron chi connectivity index (χ1n) is 8.75. The van der Waals surface area contributed by atoms with E-state index in [1.807, 2.05) is 0 Å².